The highest BCUT2D eigenvalue weighted by atomic mass is 35.5. The maximum atomic E-state index is 13.5. The van der Waals surface area contributed by atoms with Crippen molar-refractivity contribution in [1.29, 1.82) is 0 Å². The zero-order chi connectivity index (χ0) is 53.6. The largest absolute Gasteiger partial charge is 0.507 e. The Morgan fingerprint density at radius 1 is 0.712 bits per heavy atom. The van der Waals surface area contributed by atoms with E-state index in [-0.39, 0.29) is 68.5 Å². The van der Waals surface area contributed by atoms with Gasteiger partial charge in [-0.05, 0) is 72.3 Å². The molecule has 73 heavy (non-hydrogen) atoms. The minimum Gasteiger partial charge on any atom is -0.507 e. The van der Waals surface area contributed by atoms with E-state index in [1.807, 2.05) is 0 Å². The van der Waals surface area contributed by atoms with Crippen molar-refractivity contribution in [3.63, 3.8) is 0 Å². The van der Waals surface area contributed by atoms with Gasteiger partial charge in [0.05, 0.1) is 54.3 Å². The number of carboxylic acid groups (broad SMARTS) is 1. The molecule has 8 N–H and O–H groups in total. The number of hydrogen-bond donors (Lipinski definition) is 7. The second-order valence-electron chi connectivity index (χ2n) is 14.1. The summed E-state index contributed by atoms with van der Waals surface area (Å²) >= 11 is 5.84. The number of nitrogens with two attached hydrogens (primary N) is 1. The van der Waals surface area contributed by atoms with Gasteiger partial charge in [0.1, 0.15) is 34.4 Å². The summed E-state index contributed by atoms with van der Waals surface area (Å²) in [5.74, 6) is -5.78. The maximum Gasteiger partial charge on any atom is 0.394 e. The van der Waals surface area contributed by atoms with E-state index in [1.165, 1.54) is 119 Å². The third kappa shape index (κ3) is 16.9. The summed E-state index contributed by atoms with van der Waals surface area (Å²) in [6, 6.07) is 32.0. The van der Waals surface area contributed by atoms with E-state index < -0.39 is 46.2 Å². The van der Waals surface area contributed by atoms with Crippen LogP contribution in [0.1, 0.15) is 47.2 Å². The number of aromatic hydroxyl groups is 1. The SMILES string of the molecule is COC(=O)c1ccc(NC(=O)c2ccccc2F)cc1O.COc1cc(OC)c(NC(=O)C(=O)O)cc1Cl.Nc1ccc(NC(=O)c2ccno2)cc1.O=C(NCc1ccc([N+](=O)[O-])cc1)c1ccccc1F. The van der Waals surface area contributed by atoms with Gasteiger partial charge in [-0.15, -0.1) is 0 Å². The summed E-state index contributed by atoms with van der Waals surface area (Å²) in [5.41, 5.74) is 7.70. The number of phenols is 1. The number of ether oxygens (including phenoxy) is 3. The molecule has 0 unspecified atom stereocenters. The van der Waals surface area contributed by atoms with E-state index in [1.54, 1.807) is 42.5 Å². The topological polar surface area (TPSA) is 314 Å². The number of hydrogen-bond acceptors (Lipinski definition) is 15. The predicted molar refractivity (Wildman–Crippen MR) is 261 cm³/mol. The number of anilines is 4. The Morgan fingerprint density at radius 3 is 1.81 bits per heavy atom. The van der Waals surface area contributed by atoms with Crippen LogP contribution in [-0.4, -0.2) is 77.2 Å². The smallest absolute Gasteiger partial charge is 0.394 e. The Kier molecular flexibility index (Phi) is 20.9. The van der Waals surface area contributed by atoms with Crippen molar-refractivity contribution >= 4 is 75.6 Å². The number of esters is 1. The van der Waals surface area contributed by atoms with E-state index in [0.717, 1.165) is 0 Å². The lowest BCUT2D eigenvalue weighted by molar-refractivity contribution is -0.384. The molecular weight excluding hydrogens is 984 g/mol. The highest BCUT2D eigenvalue weighted by Gasteiger charge is 2.18. The number of carbonyl (C=O) groups is 6. The molecule has 1 heterocycles. The van der Waals surface area contributed by atoms with Crippen molar-refractivity contribution in [2.75, 3.05) is 43.0 Å². The number of phenolic OH excluding ortho intramolecular Hbond substituents is 1. The quantitative estimate of drug-likeness (QED) is 0.0200. The van der Waals surface area contributed by atoms with Gasteiger partial charge in [-0.3, -0.25) is 29.3 Å². The lowest BCUT2D eigenvalue weighted by atomic mass is 10.1. The van der Waals surface area contributed by atoms with Crippen molar-refractivity contribution in [2.45, 2.75) is 6.54 Å². The number of carbonyl (C=O) groups excluding carboxylic acids is 5. The van der Waals surface area contributed by atoms with Crippen LogP contribution in [-0.2, 0) is 20.9 Å². The van der Waals surface area contributed by atoms with Crippen molar-refractivity contribution in [2.24, 2.45) is 0 Å². The minimum absolute atomic E-state index is 0.0193. The van der Waals surface area contributed by atoms with Gasteiger partial charge < -0.3 is 55.9 Å². The minimum atomic E-state index is -1.60. The molecule has 0 saturated carbocycles. The number of nitro groups is 1. The first-order valence-electron chi connectivity index (χ1n) is 20.6. The third-order valence-corrected chi connectivity index (χ3v) is 9.54. The molecule has 378 valence electrons. The van der Waals surface area contributed by atoms with Gasteiger partial charge in [-0.1, -0.05) is 53.2 Å². The van der Waals surface area contributed by atoms with Crippen LogP contribution in [0.15, 0.2) is 144 Å². The highest BCUT2D eigenvalue weighted by molar-refractivity contribution is 6.37. The van der Waals surface area contributed by atoms with Crippen LogP contribution in [0.2, 0.25) is 5.02 Å². The first kappa shape index (κ1) is 55.7. The van der Waals surface area contributed by atoms with Gasteiger partial charge in [0.15, 0.2) is 0 Å². The van der Waals surface area contributed by atoms with Crippen molar-refractivity contribution in [3.05, 3.63) is 194 Å². The van der Waals surface area contributed by atoms with Crippen molar-refractivity contribution in [1.82, 2.24) is 10.5 Å². The second kappa shape index (κ2) is 27.3. The molecule has 0 aliphatic heterocycles. The van der Waals surface area contributed by atoms with Crippen LogP contribution in [0.4, 0.5) is 37.2 Å². The predicted octanol–water partition coefficient (Wildman–Crippen LogP) is 8.12. The van der Waals surface area contributed by atoms with Gasteiger partial charge in [-0.25, -0.2) is 18.4 Å². The number of nitrogen functional groups attached to an aromatic ring is 1. The second-order valence-corrected chi connectivity index (χ2v) is 14.5. The van der Waals surface area contributed by atoms with Crippen LogP contribution in [0, 0.1) is 21.7 Å². The normalized spacial score (nSPS) is 9.89. The van der Waals surface area contributed by atoms with Crippen LogP contribution in [0.3, 0.4) is 0 Å². The number of benzene rings is 6. The van der Waals surface area contributed by atoms with E-state index >= 15 is 0 Å². The first-order valence-corrected chi connectivity index (χ1v) is 21.0. The number of aliphatic carboxylic acids is 1. The number of aromatic nitrogens is 1. The van der Waals surface area contributed by atoms with Crippen LogP contribution in [0.5, 0.6) is 17.2 Å². The average Bonchev–Trinajstić information content (AvgIpc) is 3.93. The van der Waals surface area contributed by atoms with E-state index in [2.05, 4.69) is 31.2 Å². The molecule has 0 aliphatic carbocycles. The van der Waals surface area contributed by atoms with Gasteiger partial charge in [-0.2, -0.15) is 0 Å². The fraction of sp³-hybridized carbons (Fsp3) is 0.0816. The molecule has 7 rings (SSSR count). The number of nitrogens with one attached hydrogen (secondary N) is 4. The molecule has 0 saturated heterocycles. The van der Waals surface area contributed by atoms with E-state index in [0.29, 0.717) is 22.7 Å². The van der Waals surface area contributed by atoms with Crippen LogP contribution in [0.25, 0.3) is 0 Å². The molecule has 0 bridgehead atoms. The standard InChI is InChI=1S/C15H12FNO4.C14H11FN2O3.C10H10ClNO5.C10H9N3O2/c1-21-15(20)11-7-6-9(8-13(11)18)17-14(19)10-4-2-3-5-12(10)16;15-13-4-2-1-3-12(13)14(18)16-9-10-5-7-11(8-6-10)17(19)20;1-16-7-4-8(17-2)6(3-5(7)11)12-9(13)10(14)15;11-7-1-3-8(4-2-7)13-10(14)9-5-6-12-15-9/h2-8,18H,1H3,(H,17,19);1-8H,9H2,(H,16,18);3-4H,1-2H3,(H,12,13)(H,14,15);1-6H,11H2,(H,13,14). The van der Waals surface area contributed by atoms with Gasteiger partial charge >= 0.3 is 17.8 Å². The van der Waals surface area contributed by atoms with Gasteiger partial charge in [0, 0.05) is 53.9 Å². The summed E-state index contributed by atoms with van der Waals surface area (Å²) in [4.78, 5) is 77.9. The molecule has 24 heteroatoms. The van der Waals surface area contributed by atoms with E-state index in [9.17, 15) is 52.8 Å². The van der Waals surface area contributed by atoms with Crippen LogP contribution < -0.4 is 36.5 Å². The fourth-order valence-electron chi connectivity index (χ4n) is 5.62. The number of rotatable bonds is 12. The summed E-state index contributed by atoms with van der Waals surface area (Å²) in [6.07, 6.45) is 1.41. The van der Waals surface area contributed by atoms with Crippen molar-refractivity contribution < 1.29 is 71.4 Å². The van der Waals surface area contributed by atoms with Gasteiger partial charge in [0.2, 0.25) is 5.76 Å². The Bertz CT molecular complexity index is 3070. The summed E-state index contributed by atoms with van der Waals surface area (Å²) in [7, 11) is 3.99. The van der Waals surface area contributed by atoms with Crippen molar-refractivity contribution in [3.8, 4) is 17.2 Å². The number of nitrogens with zero attached hydrogens (tertiary/aromatic N) is 2. The molecule has 1 aromatic heterocycles. The fourth-order valence-corrected chi connectivity index (χ4v) is 5.86. The monoisotopic (exact) mass is 1030 g/mol. The Morgan fingerprint density at radius 2 is 1.29 bits per heavy atom. The number of amides is 4. The van der Waals surface area contributed by atoms with E-state index in [4.69, 9.17) is 36.4 Å². The zero-order valence-electron chi connectivity index (χ0n) is 38.4. The molecule has 7 aromatic rings. The van der Waals surface area contributed by atoms with Gasteiger partial charge in [0.25, 0.3) is 23.4 Å². The Labute approximate surface area is 417 Å². The number of methoxy groups -OCH3 is 3. The summed E-state index contributed by atoms with van der Waals surface area (Å²) < 4.78 is 46.0. The lowest BCUT2D eigenvalue weighted by Gasteiger charge is -2.11. The number of carboxylic acids is 1. The molecular formula is C49H42ClF2N7O14. The molecule has 0 aliphatic rings. The molecule has 0 atom stereocenters. The first-order chi connectivity index (χ1) is 34.8. The van der Waals surface area contributed by atoms with Crippen LogP contribution >= 0.6 is 11.6 Å². The number of non-ortho nitro benzene ring substituents is 1. The average molecular weight is 1030 g/mol. The number of halogens is 3. The Balaban J connectivity index is 0.000000213. The Hall–Kier alpha value is -9.90. The lowest BCUT2D eigenvalue weighted by Crippen LogP contribution is -2.23. The molecule has 4 amide bonds. The molecule has 0 fully saturated rings. The summed E-state index contributed by atoms with van der Waals surface area (Å²) in [5, 5.41) is 42.1. The molecule has 0 spiro atoms. The zero-order valence-corrected chi connectivity index (χ0v) is 39.1. The molecule has 6 aromatic carbocycles. The molecule has 0 radical (unpaired) electrons. The highest BCUT2D eigenvalue weighted by Crippen LogP contribution is 2.36. The third-order valence-electron chi connectivity index (χ3n) is 9.24. The summed E-state index contributed by atoms with van der Waals surface area (Å²) in [6.45, 7) is 0.172. The number of nitro benzene ring substituents is 1. The molecule has 21 nitrogen and oxygen atoms in total. The maximum absolute atomic E-state index is 13.5.